The predicted molar refractivity (Wildman–Crippen MR) is 67.4 cm³/mol. The minimum absolute atomic E-state index is 0.357. The Hall–Kier alpha value is -3.23. The Labute approximate surface area is 112 Å². The van der Waals surface area contributed by atoms with E-state index in [9.17, 15) is 24.5 Å². The summed E-state index contributed by atoms with van der Waals surface area (Å²) in [6.07, 6.45) is 2.12. The predicted octanol–water partition coefficient (Wildman–Crippen LogP) is 0.508. The summed E-state index contributed by atoms with van der Waals surface area (Å²) in [5.74, 6) is -1.22. The van der Waals surface area contributed by atoms with Crippen molar-refractivity contribution in [3.63, 3.8) is 0 Å². The molecule has 9 heteroatoms. The van der Waals surface area contributed by atoms with Crippen LogP contribution in [-0.2, 0) is 4.79 Å². The summed E-state index contributed by atoms with van der Waals surface area (Å²) >= 11 is 0. The molecule has 0 saturated carbocycles. The van der Waals surface area contributed by atoms with Gasteiger partial charge in [0, 0.05) is 11.1 Å². The Morgan fingerprint density at radius 3 is 2.35 bits per heavy atom. The van der Waals surface area contributed by atoms with Gasteiger partial charge in [-0.25, -0.2) is 19.7 Å². The minimum atomic E-state index is -1.54. The topological polar surface area (TPSA) is 136 Å². The zero-order valence-corrected chi connectivity index (χ0v) is 10.1. The second-order valence-electron chi connectivity index (χ2n) is 3.43. The molecule has 104 valence electrons. The number of nitrogens with one attached hydrogen (secondary N) is 1. The molecule has 0 saturated heterocycles. The lowest BCUT2D eigenvalue weighted by Crippen LogP contribution is -2.49. The van der Waals surface area contributed by atoms with Crippen molar-refractivity contribution >= 4 is 24.0 Å². The number of urea groups is 2. The molecule has 5 amide bonds. The summed E-state index contributed by atoms with van der Waals surface area (Å²) in [5.41, 5.74) is 5.26. The standard InChI is InChI=1S/C11H10N4O5/c12-10(17)13-11(18)14(15(19)20)9(16)7-6-8-4-2-1-3-5-8/h1-7H,(H3,12,13,17,18). The van der Waals surface area contributed by atoms with Crippen molar-refractivity contribution in [2.45, 2.75) is 0 Å². The van der Waals surface area contributed by atoms with Crippen LogP contribution < -0.4 is 11.1 Å². The first kappa shape index (κ1) is 14.8. The average molecular weight is 278 g/mol. The number of hydrazine groups is 1. The van der Waals surface area contributed by atoms with Gasteiger partial charge < -0.3 is 5.73 Å². The molecule has 3 N–H and O–H groups in total. The van der Waals surface area contributed by atoms with E-state index in [1.165, 1.54) is 11.4 Å². The average Bonchev–Trinajstić information content (AvgIpc) is 2.36. The first-order valence-electron chi connectivity index (χ1n) is 5.23. The molecule has 20 heavy (non-hydrogen) atoms. The monoisotopic (exact) mass is 278 g/mol. The van der Waals surface area contributed by atoms with Crippen LogP contribution in [0, 0.1) is 10.1 Å². The van der Waals surface area contributed by atoms with E-state index < -0.39 is 23.0 Å². The third kappa shape index (κ3) is 4.22. The number of amides is 5. The maximum absolute atomic E-state index is 11.6. The molecular weight excluding hydrogens is 268 g/mol. The van der Waals surface area contributed by atoms with Crippen molar-refractivity contribution in [2.24, 2.45) is 5.73 Å². The Morgan fingerprint density at radius 1 is 1.25 bits per heavy atom. The van der Waals surface area contributed by atoms with Gasteiger partial charge in [-0.15, -0.1) is 0 Å². The lowest BCUT2D eigenvalue weighted by molar-refractivity contribution is -0.611. The van der Waals surface area contributed by atoms with E-state index in [1.807, 2.05) is 0 Å². The Balaban J connectivity index is 2.85. The zero-order valence-electron chi connectivity index (χ0n) is 10.1. The highest BCUT2D eigenvalue weighted by Crippen LogP contribution is 2.02. The number of hydrogen-bond acceptors (Lipinski definition) is 5. The van der Waals surface area contributed by atoms with Gasteiger partial charge in [-0.05, 0) is 11.6 Å². The van der Waals surface area contributed by atoms with E-state index in [0.717, 1.165) is 6.08 Å². The normalized spacial score (nSPS) is 10.0. The van der Waals surface area contributed by atoms with Crippen LogP contribution in [0.2, 0.25) is 0 Å². The van der Waals surface area contributed by atoms with Crippen LogP contribution in [0.25, 0.3) is 6.08 Å². The van der Waals surface area contributed by atoms with Crippen molar-refractivity contribution in [1.29, 1.82) is 0 Å². The molecule has 0 heterocycles. The largest absolute Gasteiger partial charge is 0.393 e. The van der Waals surface area contributed by atoms with Crippen LogP contribution >= 0.6 is 0 Å². The van der Waals surface area contributed by atoms with Crippen LogP contribution in [0.15, 0.2) is 36.4 Å². The number of primary amides is 1. The lowest BCUT2D eigenvalue weighted by atomic mass is 10.2. The van der Waals surface area contributed by atoms with Gasteiger partial charge in [-0.3, -0.25) is 10.1 Å². The molecule has 0 aliphatic rings. The number of rotatable bonds is 3. The van der Waals surface area contributed by atoms with Gasteiger partial charge in [0.2, 0.25) is 0 Å². The molecule has 0 spiro atoms. The third-order valence-corrected chi connectivity index (χ3v) is 2.01. The molecule has 0 aromatic heterocycles. The number of benzene rings is 1. The summed E-state index contributed by atoms with van der Waals surface area (Å²) in [5, 5.41) is 10.5. The molecule has 1 rings (SSSR count). The molecule has 9 nitrogen and oxygen atoms in total. The van der Waals surface area contributed by atoms with Gasteiger partial charge in [0.15, 0.2) is 5.03 Å². The zero-order chi connectivity index (χ0) is 15.1. The van der Waals surface area contributed by atoms with Crippen LogP contribution in [-0.4, -0.2) is 28.0 Å². The van der Waals surface area contributed by atoms with Gasteiger partial charge in [0.25, 0.3) is 0 Å². The summed E-state index contributed by atoms with van der Waals surface area (Å²) in [6, 6.07) is 5.63. The highest BCUT2D eigenvalue weighted by Gasteiger charge is 2.31. The maximum Gasteiger partial charge on any atom is 0.393 e. The SMILES string of the molecule is NC(=O)NC(=O)N(C(=O)C=Cc1ccccc1)[N+](=O)[O-]. The molecule has 1 aromatic carbocycles. The molecule has 0 unspecified atom stereocenters. The quantitative estimate of drug-likeness (QED) is 0.471. The molecule has 1 aromatic rings. The number of carbonyl (C=O) groups excluding carboxylic acids is 3. The van der Waals surface area contributed by atoms with Gasteiger partial charge in [-0.1, -0.05) is 30.3 Å². The Kier molecular flexibility index (Phi) is 4.92. The lowest BCUT2D eigenvalue weighted by Gasteiger charge is -2.07. The molecule has 0 radical (unpaired) electrons. The van der Waals surface area contributed by atoms with E-state index in [4.69, 9.17) is 0 Å². The van der Waals surface area contributed by atoms with Crippen molar-refractivity contribution in [3.8, 4) is 0 Å². The van der Waals surface area contributed by atoms with E-state index >= 15 is 0 Å². The molecule has 0 fully saturated rings. The first-order valence-corrected chi connectivity index (χ1v) is 5.23. The van der Waals surface area contributed by atoms with Gasteiger partial charge in [0.1, 0.15) is 0 Å². The molecule has 0 aliphatic heterocycles. The fourth-order valence-electron chi connectivity index (χ4n) is 1.22. The summed E-state index contributed by atoms with van der Waals surface area (Å²) < 4.78 is 0. The second-order valence-corrected chi connectivity index (χ2v) is 3.43. The Morgan fingerprint density at radius 2 is 1.85 bits per heavy atom. The molecule has 0 bridgehead atoms. The number of imide groups is 2. The number of nitrogens with two attached hydrogens (primary N) is 1. The van der Waals surface area contributed by atoms with Crippen LogP contribution in [0.3, 0.4) is 0 Å². The molecule has 0 atom stereocenters. The second kappa shape index (κ2) is 6.64. The first-order chi connectivity index (χ1) is 9.41. The highest BCUT2D eigenvalue weighted by atomic mass is 16.7. The Bertz CT molecular complexity index is 569. The maximum atomic E-state index is 11.6. The third-order valence-electron chi connectivity index (χ3n) is 2.01. The highest BCUT2D eigenvalue weighted by molar-refractivity contribution is 6.04. The van der Waals surface area contributed by atoms with E-state index in [-0.39, 0.29) is 5.01 Å². The van der Waals surface area contributed by atoms with Crippen molar-refractivity contribution < 1.29 is 19.4 Å². The number of nitrogens with zero attached hydrogens (tertiary/aromatic N) is 2. The van der Waals surface area contributed by atoms with Crippen molar-refractivity contribution in [1.82, 2.24) is 10.3 Å². The van der Waals surface area contributed by atoms with E-state index in [2.05, 4.69) is 5.73 Å². The van der Waals surface area contributed by atoms with E-state index in [1.54, 1.807) is 30.3 Å². The van der Waals surface area contributed by atoms with Crippen molar-refractivity contribution in [3.05, 3.63) is 52.1 Å². The summed E-state index contributed by atoms with van der Waals surface area (Å²) in [4.78, 5) is 43.9. The van der Waals surface area contributed by atoms with Crippen molar-refractivity contribution in [2.75, 3.05) is 0 Å². The molecule has 0 aliphatic carbocycles. The van der Waals surface area contributed by atoms with Crippen LogP contribution in [0.4, 0.5) is 9.59 Å². The summed E-state index contributed by atoms with van der Waals surface area (Å²) in [6.45, 7) is 0. The van der Waals surface area contributed by atoms with Crippen LogP contribution in [0.5, 0.6) is 0 Å². The smallest absolute Gasteiger partial charge is 0.351 e. The fraction of sp³-hybridized carbons (Fsp3) is 0. The number of hydrogen-bond donors (Lipinski definition) is 2. The summed E-state index contributed by atoms with van der Waals surface area (Å²) in [7, 11) is 0. The van der Waals surface area contributed by atoms with Gasteiger partial charge in [0.05, 0.1) is 0 Å². The van der Waals surface area contributed by atoms with Crippen LogP contribution in [0.1, 0.15) is 5.56 Å². The number of carbonyl (C=O) groups is 3. The number of nitro groups is 1. The molecular formula is C11H10N4O5. The van der Waals surface area contributed by atoms with E-state index in [0.29, 0.717) is 5.56 Å². The van der Waals surface area contributed by atoms with Gasteiger partial charge >= 0.3 is 18.0 Å². The fourth-order valence-corrected chi connectivity index (χ4v) is 1.22. The minimum Gasteiger partial charge on any atom is -0.351 e. The van der Waals surface area contributed by atoms with Gasteiger partial charge in [-0.2, -0.15) is 0 Å².